The molecule has 8 atom stereocenters. The number of hydrogen-bond acceptors (Lipinski definition) is 11. The minimum Gasteiger partial charge on any atom is -0.449 e. The number of ether oxygens (including phenoxy) is 3. The van der Waals surface area contributed by atoms with Crippen molar-refractivity contribution in [3.8, 4) is 0 Å². The summed E-state index contributed by atoms with van der Waals surface area (Å²) in [6, 6.07) is 0. The number of aliphatic hydroxyl groups excluding tert-OH is 6. The molecule has 2 aliphatic rings. The lowest BCUT2D eigenvalue weighted by Crippen LogP contribution is -2.60. The highest BCUT2D eigenvalue weighted by Gasteiger charge is 2.52. The van der Waals surface area contributed by atoms with Crippen molar-refractivity contribution in [2.75, 3.05) is 13.2 Å². The third kappa shape index (κ3) is 3.36. The van der Waals surface area contributed by atoms with Gasteiger partial charge in [0.1, 0.15) is 30.5 Å². The van der Waals surface area contributed by atoms with Crippen molar-refractivity contribution in [3.05, 3.63) is 0 Å². The zero-order valence-corrected chi connectivity index (χ0v) is 11.8. The van der Waals surface area contributed by atoms with Gasteiger partial charge in [-0.1, -0.05) is 0 Å². The van der Waals surface area contributed by atoms with Gasteiger partial charge in [-0.15, -0.1) is 0 Å². The van der Waals surface area contributed by atoms with E-state index in [1.807, 2.05) is 0 Å². The van der Waals surface area contributed by atoms with Crippen LogP contribution in [0.2, 0.25) is 0 Å². The highest BCUT2D eigenvalue weighted by molar-refractivity contribution is 6.09. The first-order chi connectivity index (χ1) is 10.8. The highest BCUT2D eigenvalue weighted by atomic mass is 16.7. The van der Waals surface area contributed by atoms with Crippen molar-refractivity contribution in [2.24, 2.45) is 0 Å². The van der Waals surface area contributed by atoms with Gasteiger partial charge in [0.25, 0.3) is 0 Å². The molecule has 0 radical (unpaired) electrons. The first-order valence-electron chi connectivity index (χ1n) is 6.81. The summed E-state index contributed by atoms with van der Waals surface area (Å²) in [5.41, 5.74) is 0. The number of cyclic esters (lactones) is 1. The van der Waals surface area contributed by atoms with Crippen LogP contribution in [-0.4, -0.2) is 105 Å². The van der Waals surface area contributed by atoms with Crippen molar-refractivity contribution in [1.29, 1.82) is 0 Å². The Bertz CT molecular complexity index is 452. The Morgan fingerprint density at radius 2 is 1.74 bits per heavy atom. The van der Waals surface area contributed by atoms with Crippen molar-refractivity contribution in [1.82, 2.24) is 0 Å². The SMILES string of the molecule is O=C1O[C@H]([C@@H](O)CO)C(=O)C1O[C@@H]1O[C@H](CO)[C@H](O)[C@H](O)[C@H]1O. The predicted octanol–water partition coefficient (Wildman–Crippen LogP) is -4.98. The summed E-state index contributed by atoms with van der Waals surface area (Å²) in [4.78, 5) is 23.6. The highest BCUT2D eigenvalue weighted by Crippen LogP contribution is 2.26. The van der Waals surface area contributed by atoms with Crippen LogP contribution in [-0.2, 0) is 23.8 Å². The molecule has 0 bridgehead atoms. The summed E-state index contributed by atoms with van der Waals surface area (Å²) in [6.45, 7) is -1.53. The molecule has 23 heavy (non-hydrogen) atoms. The number of carbonyl (C=O) groups excluding carboxylic acids is 2. The molecule has 2 aliphatic heterocycles. The summed E-state index contributed by atoms with van der Waals surface area (Å²) in [7, 11) is 0. The van der Waals surface area contributed by atoms with E-state index in [2.05, 4.69) is 4.74 Å². The van der Waals surface area contributed by atoms with Gasteiger partial charge in [-0.3, -0.25) is 4.79 Å². The molecule has 2 rings (SSSR count). The van der Waals surface area contributed by atoms with E-state index < -0.39 is 74.0 Å². The van der Waals surface area contributed by atoms with Crippen molar-refractivity contribution in [3.63, 3.8) is 0 Å². The van der Waals surface area contributed by atoms with E-state index in [1.165, 1.54) is 0 Å². The average Bonchev–Trinajstić information content (AvgIpc) is 2.82. The van der Waals surface area contributed by atoms with Gasteiger partial charge in [0.05, 0.1) is 13.2 Å². The minimum atomic E-state index is -1.84. The Hall–Kier alpha value is -1.18. The standard InChI is InChI=1S/C12H18O11/c13-1-3(15)9-8(19)10(11(20)22-9)23-12-7(18)6(17)5(16)4(2-14)21-12/h3-7,9-10,12-18H,1-2H2/t3-,4+,5-,6-,7+,9+,10?,12-/m0/s1. The number of rotatable bonds is 5. The zero-order valence-electron chi connectivity index (χ0n) is 11.8. The van der Waals surface area contributed by atoms with Crippen LogP contribution < -0.4 is 0 Å². The summed E-state index contributed by atoms with van der Waals surface area (Å²) in [5, 5.41) is 56.2. The van der Waals surface area contributed by atoms with Gasteiger partial charge in [-0.25, -0.2) is 4.79 Å². The molecule has 0 aromatic heterocycles. The first-order valence-corrected chi connectivity index (χ1v) is 6.81. The lowest BCUT2D eigenvalue weighted by molar-refractivity contribution is -0.305. The largest absolute Gasteiger partial charge is 0.449 e. The van der Waals surface area contributed by atoms with Gasteiger partial charge >= 0.3 is 5.97 Å². The topological polar surface area (TPSA) is 183 Å². The van der Waals surface area contributed by atoms with E-state index in [1.54, 1.807) is 0 Å². The molecule has 0 spiro atoms. The Kier molecular flexibility index (Phi) is 5.65. The summed E-state index contributed by atoms with van der Waals surface area (Å²) in [5.74, 6) is -2.15. The van der Waals surface area contributed by atoms with E-state index in [4.69, 9.17) is 19.7 Å². The third-order valence-corrected chi connectivity index (χ3v) is 3.65. The molecule has 11 nitrogen and oxygen atoms in total. The molecule has 2 fully saturated rings. The summed E-state index contributed by atoms with van der Waals surface area (Å²) >= 11 is 0. The monoisotopic (exact) mass is 338 g/mol. The molecular weight excluding hydrogens is 320 g/mol. The molecule has 1 unspecified atom stereocenters. The average molecular weight is 338 g/mol. The Morgan fingerprint density at radius 1 is 1.09 bits per heavy atom. The van der Waals surface area contributed by atoms with Gasteiger partial charge in [-0.2, -0.15) is 0 Å². The zero-order chi connectivity index (χ0) is 17.3. The second-order valence-corrected chi connectivity index (χ2v) is 5.22. The van der Waals surface area contributed by atoms with Gasteiger partial charge < -0.3 is 44.8 Å². The molecule has 6 N–H and O–H groups in total. The number of esters is 1. The van der Waals surface area contributed by atoms with Crippen molar-refractivity contribution < 1.29 is 54.4 Å². The number of ketones is 1. The number of carbonyl (C=O) groups is 2. The fourth-order valence-electron chi connectivity index (χ4n) is 2.31. The molecule has 0 amide bonds. The maximum Gasteiger partial charge on any atom is 0.344 e. The smallest absolute Gasteiger partial charge is 0.344 e. The van der Waals surface area contributed by atoms with Crippen LogP contribution in [0.15, 0.2) is 0 Å². The van der Waals surface area contributed by atoms with E-state index >= 15 is 0 Å². The molecule has 0 aliphatic carbocycles. The Labute approximate surface area is 129 Å². The molecule has 2 saturated heterocycles. The Balaban J connectivity index is 2.08. The van der Waals surface area contributed by atoms with Crippen molar-refractivity contribution >= 4 is 11.8 Å². The van der Waals surface area contributed by atoms with Crippen LogP contribution in [0, 0.1) is 0 Å². The summed E-state index contributed by atoms with van der Waals surface area (Å²) < 4.78 is 14.6. The van der Waals surface area contributed by atoms with E-state index in [-0.39, 0.29) is 0 Å². The summed E-state index contributed by atoms with van der Waals surface area (Å²) in [6.07, 6.45) is -13.2. The normalized spacial score (nSPS) is 42.6. The van der Waals surface area contributed by atoms with Crippen molar-refractivity contribution in [2.45, 2.75) is 49.0 Å². The van der Waals surface area contributed by atoms with Crippen LogP contribution in [0.5, 0.6) is 0 Å². The van der Waals surface area contributed by atoms with Gasteiger partial charge in [0.15, 0.2) is 12.4 Å². The minimum absolute atomic E-state index is 0.709. The predicted molar refractivity (Wildman–Crippen MR) is 66.6 cm³/mol. The van der Waals surface area contributed by atoms with E-state index in [0.717, 1.165) is 0 Å². The molecular formula is C12H18O11. The van der Waals surface area contributed by atoms with Crippen LogP contribution in [0.4, 0.5) is 0 Å². The number of aliphatic hydroxyl groups is 6. The quantitative estimate of drug-likeness (QED) is 0.208. The van der Waals surface area contributed by atoms with E-state index in [9.17, 15) is 30.0 Å². The molecule has 132 valence electrons. The second kappa shape index (κ2) is 7.15. The fraction of sp³-hybridized carbons (Fsp3) is 0.833. The fourth-order valence-corrected chi connectivity index (χ4v) is 2.31. The molecule has 0 saturated carbocycles. The lowest BCUT2D eigenvalue weighted by atomic mass is 9.99. The van der Waals surface area contributed by atoms with Gasteiger partial charge in [0, 0.05) is 0 Å². The number of Topliss-reactive ketones (excluding diaryl/α,β-unsaturated/α-hetero) is 1. The maximum absolute atomic E-state index is 12.0. The number of hydrogen-bond donors (Lipinski definition) is 6. The Morgan fingerprint density at radius 3 is 2.30 bits per heavy atom. The van der Waals surface area contributed by atoms with Crippen LogP contribution in [0.1, 0.15) is 0 Å². The van der Waals surface area contributed by atoms with Gasteiger partial charge in [-0.05, 0) is 0 Å². The molecule has 0 aromatic rings. The second-order valence-electron chi connectivity index (χ2n) is 5.22. The van der Waals surface area contributed by atoms with E-state index in [0.29, 0.717) is 0 Å². The molecule has 2 heterocycles. The van der Waals surface area contributed by atoms with Crippen LogP contribution in [0.3, 0.4) is 0 Å². The maximum atomic E-state index is 12.0. The first kappa shape index (κ1) is 18.2. The van der Waals surface area contributed by atoms with Crippen LogP contribution in [0.25, 0.3) is 0 Å². The van der Waals surface area contributed by atoms with Gasteiger partial charge in [0.2, 0.25) is 11.9 Å². The van der Waals surface area contributed by atoms with Crippen LogP contribution >= 0.6 is 0 Å². The molecule has 11 heteroatoms. The lowest BCUT2D eigenvalue weighted by Gasteiger charge is -2.39. The molecule has 0 aromatic carbocycles. The third-order valence-electron chi connectivity index (χ3n) is 3.65.